The van der Waals surface area contributed by atoms with Crippen molar-refractivity contribution in [2.75, 3.05) is 32.8 Å². The van der Waals surface area contributed by atoms with E-state index in [1.54, 1.807) is 0 Å². The Bertz CT molecular complexity index is 438. The molecule has 7 heteroatoms. The molecule has 3 fully saturated rings. The number of rotatable bonds is 4. The molecule has 2 N–H and O–H groups in total. The van der Waals surface area contributed by atoms with Gasteiger partial charge < -0.3 is 15.4 Å². The van der Waals surface area contributed by atoms with Gasteiger partial charge in [-0.3, -0.25) is 9.69 Å². The van der Waals surface area contributed by atoms with Gasteiger partial charge in [0, 0.05) is 50.7 Å². The molecule has 1 heterocycles. The Morgan fingerprint density at radius 2 is 1.75 bits per heavy atom. The minimum absolute atomic E-state index is 0. The number of carbonyl (C=O) groups excluding carboxylic acids is 1. The maximum Gasteiger partial charge on any atom is 0.243 e. The SMILES string of the molecule is CCOC1CC(N)(C(=O)N2CCN(C3CCC3)CC2)C1(C)C.Cl.Cl. The van der Waals surface area contributed by atoms with Gasteiger partial charge in [-0.15, -0.1) is 24.8 Å². The predicted molar refractivity (Wildman–Crippen MR) is 101 cm³/mol. The van der Waals surface area contributed by atoms with E-state index in [-0.39, 0.29) is 42.2 Å². The van der Waals surface area contributed by atoms with Crippen molar-refractivity contribution in [2.24, 2.45) is 11.1 Å². The first-order chi connectivity index (χ1) is 10.4. The minimum atomic E-state index is -0.758. The van der Waals surface area contributed by atoms with Crippen LogP contribution in [0, 0.1) is 5.41 Å². The summed E-state index contributed by atoms with van der Waals surface area (Å²) in [5, 5.41) is 0. The molecule has 0 bridgehead atoms. The van der Waals surface area contributed by atoms with Crippen molar-refractivity contribution in [3.8, 4) is 0 Å². The number of ether oxygens (including phenoxy) is 1. The van der Waals surface area contributed by atoms with Gasteiger partial charge in [-0.2, -0.15) is 0 Å². The Morgan fingerprint density at radius 3 is 2.17 bits per heavy atom. The fourth-order valence-corrected chi connectivity index (χ4v) is 4.12. The Kier molecular flexibility index (Phi) is 7.40. The number of hydrogen-bond acceptors (Lipinski definition) is 4. The fraction of sp³-hybridized carbons (Fsp3) is 0.941. The van der Waals surface area contributed by atoms with Crippen LogP contribution in [0.5, 0.6) is 0 Å². The Morgan fingerprint density at radius 1 is 1.17 bits per heavy atom. The van der Waals surface area contributed by atoms with Crippen LogP contribution in [0.2, 0.25) is 0 Å². The van der Waals surface area contributed by atoms with Gasteiger partial charge in [0.15, 0.2) is 0 Å². The third kappa shape index (κ3) is 3.43. The smallest absolute Gasteiger partial charge is 0.243 e. The number of nitrogens with two attached hydrogens (primary N) is 1. The summed E-state index contributed by atoms with van der Waals surface area (Å²) in [6.07, 6.45) is 4.77. The highest BCUT2D eigenvalue weighted by molar-refractivity contribution is 5.89. The van der Waals surface area contributed by atoms with Gasteiger partial charge >= 0.3 is 0 Å². The van der Waals surface area contributed by atoms with Crippen LogP contribution < -0.4 is 5.73 Å². The lowest BCUT2D eigenvalue weighted by atomic mass is 9.54. The molecular formula is C17H33Cl2N3O2. The normalized spacial score (nSPS) is 32.8. The molecule has 0 radical (unpaired) electrons. The topological polar surface area (TPSA) is 58.8 Å². The second kappa shape index (κ2) is 8.09. The van der Waals surface area contributed by atoms with Gasteiger partial charge in [0.2, 0.25) is 5.91 Å². The van der Waals surface area contributed by atoms with E-state index in [0.717, 1.165) is 32.2 Å². The average Bonchev–Trinajstić information content (AvgIpc) is 2.45. The number of halogens is 2. The van der Waals surface area contributed by atoms with Gasteiger partial charge in [0.25, 0.3) is 0 Å². The molecule has 0 spiro atoms. The lowest BCUT2D eigenvalue weighted by molar-refractivity contribution is -0.180. The third-order valence-electron chi connectivity index (χ3n) is 6.40. The molecule has 5 nitrogen and oxygen atoms in total. The molecule has 0 aromatic heterocycles. The summed E-state index contributed by atoms with van der Waals surface area (Å²) in [5.41, 5.74) is 5.48. The van der Waals surface area contributed by atoms with Gasteiger partial charge in [-0.1, -0.05) is 20.3 Å². The van der Waals surface area contributed by atoms with E-state index in [9.17, 15) is 4.79 Å². The molecule has 0 aromatic carbocycles. The van der Waals surface area contributed by atoms with E-state index < -0.39 is 5.54 Å². The monoisotopic (exact) mass is 381 g/mol. The van der Waals surface area contributed by atoms with E-state index in [1.807, 2.05) is 11.8 Å². The molecule has 2 atom stereocenters. The lowest BCUT2D eigenvalue weighted by Gasteiger charge is -2.59. The molecule has 0 aromatic rings. The zero-order valence-corrected chi connectivity index (χ0v) is 16.8. The van der Waals surface area contributed by atoms with Crippen LogP contribution >= 0.6 is 24.8 Å². The number of nitrogens with zero attached hydrogens (tertiary/aromatic N) is 2. The van der Waals surface area contributed by atoms with Crippen LogP contribution in [-0.4, -0.2) is 66.2 Å². The summed E-state index contributed by atoms with van der Waals surface area (Å²) in [4.78, 5) is 17.5. The maximum atomic E-state index is 13.0. The van der Waals surface area contributed by atoms with Gasteiger partial charge in [-0.05, 0) is 19.8 Å². The second-order valence-corrected chi connectivity index (χ2v) is 7.75. The highest BCUT2D eigenvalue weighted by Crippen LogP contribution is 2.50. The zero-order valence-electron chi connectivity index (χ0n) is 15.1. The molecule has 3 aliphatic rings. The summed E-state index contributed by atoms with van der Waals surface area (Å²) in [7, 11) is 0. The molecule has 1 amide bonds. The van der Waals surface area contributed by atoms with Crippen LogP contribution in [0.1, 0.15) is 46.5 Å². The van der Waals surface area contributed by atoms with Crippen molar-refractivity contribution >= 4 is 30.7 Å². The molecule has 2 saturated carbocycles. The van der Waals surface area contributed by atoms with Crippen molar-refractivity contribution < 1.29 is 9.53 Å². The van der Waals surface area contributed by atoms with Crippen molar-refractivity contribution in [2.45, 2.75) is 64.1 Å². The first-order valence-electron chi connectivity index (χ1n) is 8.84. The van der Waals surface area contributed by atoms with Crippen LogP contribution in [0.3, 0.4) is 0 Å². The summed E-state index contributed by atoms with van der Waals surface area (Å²) in [6.45, 7) is 10.5. The van der Waals surface area contributed by atoms with Crippen LogP contribution in [-0.2, 0) is 9.53 Å². The Balaban J connectivity index is 0.00000144. The minimum Gasteiger partial charge on any atom is -0.378 e. The average molecular weight is 382 g/mol. The molecule has 142 valence electrons. The van der Waals surface area contributed by atoms with E-state index in [2.05, 4.69) is 18.7 Å². The van der Waals surface area contributed by atoms with Gasteiger partial charge in [0.05, 0.1) is 6.10 Å². The van der Waals surface area contributed by atoms with Crippen molar-refractivity contribution in [3.63, 3.8) is 0 Å². The molecule has 2 unspecified atom stereocenters. The summed E-state index contributed by atoms with van der Waals surface area (Å²) >= 11 is 0. The predicted octanol–water partition coefficient (Wildman–Crippen LogP) is 2.06. The van der Waals surface area contributed by atoms with E-state index in [1.165, 1.54) is 19.3 Å². The quantitative estimate of drug-likeness (QED) is 0.809. The largest absolute Gasteiger partial charge is 0.378 e. The summed E-state index contributed by atoms with van der Waals surface area (Å²) < 4.78 is 5.74. The first kappa shape index (κ1) is 22.0. The molecule has 2 aliphatic carbocycles. The Hall–Kier alpha value is -0.0700. The molecule has 24 heavy (non-hydrogen) atoms. The van der Waals surface area contributed by atoms with Gasteiger partial charge in [-0.25, -0.2) is 0 Å². The van der Waals surface area contributed by atoms with Crippen molar-refractivity contribution in [3.05, 3.63) is 0 Å². The van der Waals surface area contributed by atoms with E-state index in [0.29, 0.717) is 13.0 Å². The standard InChI is InChI=1S/C17H31N3O2.2ClH/c1-4-22-14-12-17(18,16(14,2)3)15(21)20-10-8-19(9-11-20)13-6-5-7-13;;/h13-14H,4-12,18H2,1-3H3;2*1H. The van der Waals surface area contributed by atoms with E-state index in [4.69, 9.17) is 10.5 Å². The second-order valence-electron chi connectivity index (χ2n) is 7.75. The maximum absolute atomic E-state index is 13.0. The van der Waals surface area contributed by atoms with Crippen molar-refractivity contribution in [1.29, 1.82) is 0 Å². The fourth-order valence-electron chi connectivity index (χ4n) is 4.12. The number of piperazine rings is 1. The number of amides is 1. The van der Waals surface area contributed by atoms with Crippen LogP contribution in [0.25, 0.3) is 0 Å². The molecule has 3 rings (SSSR count). The number of hydrogen-bond donors (Lipinski definition) is 1. The molecule has 1 saturated heterocycles. The zero-order chi connectivity index (χ0) is 16.0. The third-order valence-corrected chi connectivity index (χ3v) is 6.40. The van der Waals surface area contributed by atoms with E-state index >= 15 is 0 Å². The highest BCUT2D eigenvalue weighted by Gasteiger charge is 2.63. The van der Waals surface area contributed by atoms with Crippen LogP contribution in [0.15, 0.2) is 0 Å². The summed E-state index contributed by atoms with van der Waals surface area (Å²) in [6, 6.07) is 0.770. The highest BCUT2D eigenvalue weighted by atomic mass is 35.5. The number of carbonyl (C=O) groups is 1. The van der Waals surface area contributed by atoms with Crippen LogP contribution in [0.4, 0.5) is 0 Å². The van der Waals surface area contributed by atoms with Crippen molar-refractivity contribution in [1.82, 2.24) is 9.80 Å². The Labute approximate surface area is 158 Å². The molecule has 1 aliphatic heterocycles. The van der Waals surface area contributed by atoms with Gasteiger partial charge in [0.1, 0.15) is 5.54 Å². The molecular weight excluding hydrogens is 349 g/mol. The first-order valence-corrected chi connectivity index (χ1v) is 8.84. The lowest BCUT2D eigenvalue weighted by Crippen LogP contribution is -2.76. The summed E-state index contributed by atoms with van der Waals surface area (Å²) in [5.74, 6) is 0.127.